The fourth-order valence-electron chi connectivity index (χ4n) is 3.05. The van der Waals surface area contributed by atoms with Gasteiger partial charge in [0.15, 0.2) is 0 Å². The van der Waals surface area contributed by atoms with Gasteiger partial charge in [-0.2, -0.15) is 11.8 Å². The molecule has 1 aliphatic rings. The molecule has 1 amide bonds. The van der Waals surface area contributed by atoms with Gasteiger partial charge >= 0.3 is 0 Å². The van der Waals surface area contributed by atoms with E-state index in [0.717, 1.165) is 35.9 Å². The Bertz CT molecular complexity index is 932. The van der Waals surface area contributed by atoms with Gasteiger partial charge in [0.25, 0.3) is 5.91 Å². The van der Waals surface area contributed by atoms with Gasteiger partial charge in [0.2, 0.25) is 0 Å². The van der Waals surface area contributed by atoms with Crippen LogP contribution in [0.3, 0.4) is 0 Å². The Labute approximate surface area is 157 Å². The largest absolute Gasteiger partial charge is 0.487 e. The van der Waals surface area contributed by atoms with Crippen molar-refractivity contribution in [3.63, 3.8) is 0 Å². The van der Waals surface area contributed by atoms with Crippen molar-refractivity contribution in [2.24, 2.45) is 0 Å². The molecular weight excluding hydrogens is 346 g/mol. The van der Waals surface area contributed by atoms with Gasteiger partial charge in [0.1, 0.15) is 18.0 Å². The van der Waals surface area contributed by atoms with E-state index >= 15 is 0 Å². The molecular formula is C20H21N3O2S. The van der Waals surface area contributed by atoms with Crippen molar-refractivity contribution in [2.75, 3.05) is 24.6 Å². The number of aryl methyl sites for hydroxylation is 1. The van der Waals surface area contributed by atoms with Gasteiger partial charge in [0.05, 0.1) is 5.69 Å². The van der Waals surface area contributed by atoms with Crippen LogP contribution in [0.4, 0.5) is 0 Å². The molecule has 3 heterocycles. The molecule has 0 unspecified atom stereocenters. The number of carbonyl (C=O) groups is 1. The summed E-state index contributed by atoms with van der Waals surface area (Å²) in [6.07, 6.45) is 4.02. The first-order chi connectivity index (χ1) is 12.7. The fourth-order valence-corrected chi connectivity index (χ4v) is 3.95. The second-order valence-corrected chi connectivity index (χ2v) is 7.65. The van der Waals surface area contributed by atoms with Crippen molar-refractivity contribution in [3.05, 3.63) is 65.6 Å². The van der Waals surface area contributed by atoms with E-state index in [9.17, 15) is 4.79 Å². The van der Waals surface area contributed by atoms with Crippen molar-refractivity contribution in [1.29, 1.82) is 0 Å². The Balaban J connectivity index is 1.45. The maximum atomic E-state index is 12.6. The Morgan fingerprint density at radius 3 is 2.88 bits per heavy atom. The van der Waals surface area contributed by atoms with Crippen LogP contribution in [-0.2, 0) is 6.61 Å². The van der Waals surface area contributed by atoms with Gasteiger partial charge in [0, 0.05) is 42.6 Å². The third kappa shape index (κ3) is 3.70. The standard InChI is InChI=1S/C20H21N3O2S/c1-15-5-6-19-21-17(13-23(19)12-15)14-25-18-4-2-3-16(11-18)20(24)22-7-9-26-10-8-22/h2-6,11-13H,7-10,14H2,1H3. The molecule has 0 atom stereocenters. The maximum absolute atomic E-state index is 12.6. The number of carbonyl (C=O) groups excluding carboxylic acids is 1. The number of hydrogen-bond acceptors (Lipinski definition) is 4. The molecule has 3 aromatic rings. The first-order valence-corrected chi connectivity index (χ1v) is 9.89. The number of pyridine rings is 1. The summed E-state index contributed by atoms with van der Waals surface area (Å²) in [5.74, 6) is 2.79. The van der Waals surface area contributed by atoms with E-state index < -0.39 is 0 Å². The number of imidazole rings is 1. The molecule has 1 aliphatic heterocycles. The van der Waals surface area contributed by atoms with Gasteiger partial charge in [-0.3, -0.25) is 4.79 Å². The average molecular weight is 367 g/mol. The van der Waals surface area contributed by atoms with Crippen molar-refractivity contribution in [3.8, 4) is 5.75 Å². The molecule has 0 saturated carbocycles. The first kappa shape index (κ1) is 17.0. The number of ether oxygens (including phenoxy) is 1. The molecule has 2 aromatic heterocycles. The summed E-state index contributed by atoms with van der Waals surface area (Å²) < 4.78 is 7.88. The molecule has 6 heteroatoms. The summed E-state index contributed by atoms with van der Waals surface area (Å²) in [6.45, 7) is 4.06. The topological polar surface area (TPSA) is 46.8 Å². The second kappa shape index (κ2) is 7.41. The molecule has 1 aromatic carbocycles. The lowest BCUT2D eigenvalue weighted by molar-refractivity contribution is 0.0772. The van der Waals surface area contributed by atoms with E-state index in [-0.39, 0.29) is 5.91 Å². The Morgan fingerprint density at radius 1 is 1.19 bits per heavy atom. The van der Waals surface area contributed by atoms with E-state index in [1.807, 2.05) is 69.9 Å². The highest BCUT2D eigenvalue weighted by atomic mass is 32.2. The maximum Gasteiger partial charge on any atom is 0.254 e. The zero-order valence-corrected chi connectivity index (χ0v) is 15.5. The molecule has 0 bridgehead atoms. The van der Waals surface area contributed by atoms with Gasteiger partial charge in [-0.15, -0.1) is 0 Å². The number of rotatable bonds is 4. The van der Waals surface area contributed by atoms with Crippen molar-refractivity contribution in [1.82, 2.24) is 14.3 Å². The minimum atomic E-state index is 0.0824. The van der Waals surface area contributed by atoms with Crippen molar-refractivity contribution < 1.29 is 9.53 Å². The third-order valence-corrected chi connectivity index (χ3v) is 5.36. The van der Waals surface area contributed by atoms with Crippen LogP contribution in [0.25, 0.3) is 5.65 Å². The molecule has 0 spiro atoms. The predicted molar refractivity (Wildman–Crippen MR) is 104 cm³/mol. The van der Waals surface area contributed by atoms with E-state index in [1.165, 1.54) is 5.56 Å². The Kier molecular flexibility index (Phi) is 4.84. The zero-order valence-electron chi connectivity index (χ0n) is 14.7. The number of aromatic nitrogens is 2. The van der Waals surface area contributed by atoms with Crippen molar-refractivity contribution in [2.45, 2.75) is 13.5 Å². The summed E-state index contributed by atoms with van der Waals surface area (Å²) in [6, 6.07) is 11.5. The molecule has 5 nitrogen and oxygen atoms in total. The van der Waals surface area contributed by atoms with E-state index in [4.69, 9.17) is 4.74 Å². The van der Waals surface area contributed by atoms with Crippen LogP contribution >= 0.6 is 11.8 Å². The molecule has 0 radical (unpaired) electrons. The highest BCUT2D eigenvalue weighted by molar-refractivity contribution is 7.99. The summed E-state index contributed by atoms with van der Waals surface area (Å²) >= 11 is 1.90. The summed E-state index contributed by atoms with van der Waals surface area (Å²) in [7, 11) is 0. The monoisotopic (exact) mass is 367 g/mol. The highest BCUT2D eigenvalue weighted by Crippen LogP contribution is 2.19. The summed E-state index contributed by atoms with van der Waals surface area (Å²) in [5.41, 5.74) is 3.63. The fraction of sp³-hybridized carbons (Fsp3) is 0.300. The number of nitrogens with zero attached hydrogens (tertiary/aromatic N) is 3. The second-order valence-electron chi connectivity index (χ2n) is 6.43. The molecule has 4 rings (SSSR count). The Morgan fingerprint density at radius 2 is 2.04 bits per heavy atom. The zero-order chi connectivity index (χ0) is 17.9. The predicted octanol–water partition coefficient (Wildman–Crippen LogP) is 3.41. The number of hydrogen-bond donors (Lipinski definition) is 0. The molecule has 134 valence electrons. The minimum Gasteiger partial charge on any atom is -0.487 e. The number of thioether (sulfide) groups is 1. The average Bonchev–Trinajstić information content (AvgIpc) is 3.09. The van der Waals surface area contributed by atoms with Crippen LogP contribution in [-0.4, -0.2) is 44.8 Å². The summed E-state index contributed by atoms with van der Waals surface area (Å²) in [4.78, 5) is 19.1. The van der Waals surface area contributed by atoms with E-state index in [1.54, 1.807) is 0 Å². The lowest BCUT2D eigenvalue weighted by Gasteiger charge is -2.26. The number of benzene rings is 1. The van der Waals surface area contributed by atoms with Gasteiger partial charge in [-0.05, 0) is 36.8 Å². The molecule has 0 aliphatic carbocycles. The van der Waals surface area contributed by atoms with Gasteiger partial charge < -0.3 is 14.0 Å². The van der Waals surface area contributed by atoms with E-state index in [0.29, 0.717) is 17.9 Å². The van der Waals surface area contributed by atoms with Crippen LogP contribution in [0, 0.1) is 6.92 Å². The van der Waals surface area contributed by atoms with Crippen molar-refractivity contribution >= 4 is 23.3 Å². The molecule has 1 saturated heterocycles. The normalized spacial score (nSPS) is 14.6. The first-order valence-electron chi connectivity index (χ1n) is 8.73. The number of amides is 1. The van der Waals surface area contributed by atoms with Crippen LogP contribution in [0.2, 0.25) is 0 Å². The van der Waals surface area contributed by atoms with Gasteiger partial charge in [-0.25, -0.2) is 4.98 Å². The van der Waals surface area contributed by atoms with E-state index in [2.05, 4.69) is 11.9 Å². The third-order valence-electron chi connectivity index (χ3n) is 4.41. The quantitative estimate of drug-likeness (QED) is 0.709. The number of fused-ring (bicyclic) bond motifs is 1. The lowest BCUT2D eigenvalue weighted by atomic mass is 10.2. The minimum absolute atomic E-state index is 0.0824. The highest BCUT2D eigenvalue weighted by Gasteiger charge is 2.18. The smallest absolute Gasteiger partial charge is 0.254 e. The van der Waals surface area contributed by atoms with Crippen LogP contribution in [0.15, 0.2) is 48.8 Å². The SMILES string of the molecule is Cc1ccc2nc(COc3cccc(C(=O)N4CCSCC4)c3)cn2c1. The van der Waals surface area contributed by atoms with Gasteiger partial charge in [-0.1, -0.05) is 12.1 Å². The van der Waals surface area contributed by atoms with Crippen LogP contribution < -0.4 is 4.74 Å². The molecule has 1 fully saturated rings. The van der Waals surface area contributed by atoms with Crippen LogP contribution in [0.5, 0.6) is 5.75 Å². The molecule has 0 N–H and O–H groups in total. The lowest BCUT2D eigenvalue weighted by Crippen LogP contribution is -2.37. The summed E-state index contributed by atoms with van der Waals surface area (Å²) in [5, 5.41) is 0. The Hall–Kier alpha value is -2.47. The molecule has 26 heavy (non-hydrogen) atoms. The van der Waals surface area contributed by atoms with Crippen LogP contribution in [0.1, 0.15) is 21.6 Å².